The van der Waals surface area contributed by atoms with Gasteiger partial charge in [0.25, 0.3) is 5.91 Å². The van der Waals surface area contributed by atoms with E-state index < -0.39 is 17.6 Å². The number of nitrogens with zero attached hydrogens (tertiary/aromatic N) is 2. The molecule has 28 heavy (non-hydrogen) atoms. The van der Waals surface area contributed by atoms with Crippen molar-refractivity contribution < 1.29 is 18.7 Å². The molecule has 7 heteroatoms. The van der Waals surface area contributed by atoms with Gasteiger partial charge in [0, 0.05) is 22.9 Å². The Balaban J connectivity index is 2.10. The number of aryl methyl sites for hydroxylation is 1. The molecule has 1 unspecified atom stereocenters. The van der Waals surface area contributed by atoms with Gasteiger partial charge in [-0.05, 0) is 71.9 Å². The third-order valence-corrected chi connectivity index (χ3v) is 3.96. The zero-order valence-corrected chi connectivity index (χ0v) is 17.0. The van der Waals surface area contributed by atoms with E-state index in [0.717, 1.165) is 16.9 Å². The number of halogens is 1. The number of nitrogens with one attached hydrogen (secondary N) is 1. The van der Waals surface area contributed by atoms with Crippen molar-refractivity contribution in [1.82, 2.24) is 15.1 Å². The van der Waals surface area contributed by atoms with Crippen molar-refractivity contribution in [1.29, 1.82) is 0 Å². The van der Waals surface area contributed by atoms with Crippen LogP contribution >= 0.6 is 0 Å². The maximum absolute atomic E-state index is 13.1. The lowest BCUT2D eigenvalue weighted by Gasteiger charge is -2.22. The van der Waals surface area contributed by atoms with Crippen LogP contribution in [0.2, 0.25) is 0 Å². The minimum atomic E-state index is -0.902. The largest absolute Gasteiger partial charge is 0.449 e. The average molecular weight is 387 g/mol. The van der Waals surface area contributed by atoms with Crippen molar-refractivity contribution in [3.63, 3.8) is 0 Å². The fourth-order valence-corrected chi connectivity index (χ4v) is 2.62. The summed E-state index contributed by atoms with van der Waals surface area (Å²) in [5.41, 5.74) is 2.58. The standard InChI is InChI=1S/C21H26FN3O3/c1-13-18(14(2)25(24-13)17-9-7-16(22)8-10-17)11-12-19(26)28-15(3)20(27)23-21(4,5)6/h7-12,15H,1-6H3,(H,23,27)/b12-11+. The smallest absolute Gasteiger partial charge is 0.331 e. The van der Waals surface area contributed by atoms with Gasteiger partial charge in [-0.15, -0.1) is 0 Å². The summed E-state index contributed by atoms with van der Waals surface area (Å²) in [6.07, 6.45) is 1.97. The average Bonchev–Trinajstić information content (AvgIpc) is 2.86. The van der Waals surface area contributed by atoms with Crippen molar-refractivity contribution in [2.45, 2.75) is 53.2 Å². The third-order valence-electron chi connectivity index (χ3n) is 3.96. The van der Waals surface area contributed by atoms with E-state index in [4.69, 9.17) is 4.74 Å². The lowest BCUT2D eigenvalue weighted by Crippen LogP contribution is -2.46. The minimum absolute atomic E-state index is 0.322. The molecule has 150 valence electrons. The van der Waals surface area contributed by atoms with Crippen LogP contribution in [0, 0.1) is 19.7 Å². The van der Waals surface area contributed by atoms with Crippen LogP contribution in [0.15, 0.2) is 30.3 Å². The highest BCUT2D eigenvalue weighted by Crippen LogP contribution is 2.19. The van der Waals surface area contributed by atoms with Crippen LogP contribution < -0.4 is 5.32 Å². The second-order valence-electron chi connectivity index (χ2n) is 7.62. The molecule has 0 aliphatic carbocycles. The first-order chi connectivity index (χ1) is 13.0. The molecule has 0 radical (unpaired) electrons. The van der Waals surface area contributed by atoms with Crippen LogP contribution in [-0.2, 0) is 14.3 Å². The van der Waals surface area contributed by atoms with Crippen LogP contribution in [0.4, 0.5) is 4.39 Å². The number of aromatic nitrogens is 2. The highest BCUT2D eigenvalue weighted by atomic mass is 19.1. The summed E-state index contributed by atoms with van der Waals surface area (Å²) in [5.74, 6) is -1.30. The van der Waals surface area contributed by atoms with E-state index in [1.54, 1.807) is 22.9 Å². The fourth-order valence-electron chi connectivity index (χ4n) is 2.62. The highest BCUT2D eigenvalue weighted by molar-refractivity contribution is 5.90. The Morgan fingerprint density at radius 2 is 1.82 bits per heavy atom. The zero-order chi connectivity index (χ0) is 21.1. The predicted molar refractivity (Wildman–Crippen MR) is 105 cm³/mol. The topological polar surface area (TPSA) is 73.2 Å². The van der Waals surface area contributed by atoms with Gasteiger partial charge in [0.15, 0.2) is 6.10 Å². The zero-order valence-electron chi connectivity index (χ0n) is 17.0. The molecule has 0 spiro atoms. The molecular formula is C21H26FN3O3. The summed E-state index contributed by atoms with van der Waals surface area (Å²) < 4.78 is 20.0. The third kappa shape index (κ3) is 5.52. The summed E-state index contributed by atoms with van der Waals surface area (Å²) >= 11 is 0. The van der Waals surface area contributed by atoms with Crippen molar-refractivity contribution in [2.24, 2.45) is 0 Å². The first-order valence-corrected chi connectivity index (χ1v) is 9.01. The Labute approximate surface area is 164 Å². The molecule has 0 saturated carbocycles. The molecule has 0 bridgehead atoms. The van der Waals surface area contributed by atoms with Crippen LogP contribution in [0.3, 0.4) is 0 Å². The number of carbonyl (C=O) groups excluding carboxylic acids is 2. The molecular weight excluding hydrogens is 361 g/mol. The van der Waals surface area contributed by atoms with Gasteiger partial charge >= 0.3 is 5.97 Å². The van der Waals surface area contributed by atoms with Gasteiger partial charge in [0.05, 0.1) is 11.4 Å². The monoisotopic (exact) mass is 387 g/mol. The number of hydrogen-bond donors (Lipinski definition) is 1. The first kappa shape index (κ1) is 21.3. The van der Waals surface area contributed by atoms with E-state index in [-0.39, 0.29) is 11.7 Å². The molecule has 0 aliphatic heterocycles. The molecule has 1 aromatic carbocycles. The number of benzene rings is 1. The molecule has 1 atom stereocenters. The van der Waals surface area contributed by atoms with Gasteiger partial charge < -0.3 is 10.1 Å². The van der Waals surface area contributed by atoms with E-state index in [9.17, 15) is 14.0 Å². The number of ether oxygens (including phenoxy) is 1. The van der Waals surface area contributed by atoms with E-state index in [2.05, 4.69) is 10.4 Å². The lowest BCUT2D eigenvalue weighted by atomic mass is 10.1. The molecule has 2 rings (SSSR count). The predicted octanol–water partition coefficient (Wildman–Crippen LogP) is 3.49. The van der Waals surface area contributed by atoms with Gasteiger partial charge in [0.1, 0.15) is 5.82 Å². The van der Waals surface area contributed by atoms with E-state index in [0.29, 0.717) is 5.69 Å². The lowest BCUT2D eigenvalue weighted by molar-refractivity contribution is -0.150. The summed E-state index contributed by atoms with van der Waals surface area (Å²) in [7, 11) is 0. The van der Waals surface area contributed by atoms with Crippen LogP contribution in [0.25, 0.3) is 11.8 Å². The second-order valence-corrected chi connectivity index (χ2v) is 7.62. The summed E-state index contributed by atoms with van der Waals surface area (Å²) in [5, 5.41) is 7.21. The molecule has 1 heterocycles. The van der Waals surface area contributed by atoms with E-state index >= 15 is 0 Å². The van der Waals surface area contributed by atoms with Crippen LogP contribution in [0.1, 0.15) is 44.6 Å². The molecule has 6 nitrogen and oxygen atoms in total. The molecule has 1 amide bonds. The van der Waals surface area contributed by atoms with Gasteiger partial charge in [-0.1, -0.05) is 0 Å². The van der Waals surface area contributed by atoms with Crippen molar-refractivity contribution >= 4 is 18.0 Å². The highest BCUT2D eigenvalue weighted by Gasteiger charge is 2.21. The first-order valence-electron chi connectivity index (χ1n) is 9.01. The van der Waals surface area contributed by atoms with Crippen molar-refractivity contribution in [2.75, 3.05) is 0 Å². The number of rotatable bonds is 5. The van der Waals surface area contributed by atoms with E-state index in [1.807, 2.05) is 34.6 Å². The van der Waals surface area contributed by atoms with Gasteiger partial charge in [-0.2, -0.15) is 5.10 Å². The Bertz CT molecular complexity index is 893. The van der Waals surface area contributed by atoms with Crippen molar-refractivity contribution in [3.8, 4) is 5.69 Å². The van der Waals surface area contributed by atoms with Crippen LogP contribution in [-0.4, -0.2) is 33.3 Å². The van der Waals surface area contributed by atoms with Gasteiger partial charge in [0.2, 0.25) is 0 Å². The van der Waals surface area contributed by atoms with E-state index in [1.165, 1.54) is 25.1 Å². The molecule has 1 N–H and O–H groups in total. The maximum atomic E-state index is 13.1. The normalized spacial score (nSPS) is 12.8. The Kier molecular flexibility index (Phi) is 6.38. The fraction of sp³-hybridized carbons (Fsp3) is 0.381. The van der Waals surface area contributed by atoms with Gasteiger partial charge in [-0.25, -0.2) is 13.9 Å². The summed E-state index contributed by atoms with van der Waals surface area (Å²) in [6.45, 7) is 10.7. The Hall–Kier alpha value is -2.96. The molecule has 0 aliphatic rings. The Morgan fingerprint density at radius 1 is 1.21 bits per heavy atom. The Morgan fingerprint density at radius 3 is 2.39 bits per heavy atom. The minimum Gasteiger partial charge on any atom is -0.449 e. The number of hydrogen-bond acceptors (Lipinski definition) is 4. The van der Waals surface area contributed by atoms with Gasteiger partial charge in [-0.3, -0.25) is 4.79 Å². The summed E-state index contributed by atoms with van der Waals surface area (Å²) in [6, 6.07) is 5.99. The number of amides is 1. The van der Waals surface area contributed by atoms with Crippen LogP contribution in [0.5, 0.6) is 0 Å². The molecule has 0 saturated heterocycles. The molecule has 1 aromatic heterocycles. The second kappa shape index (κ2) is 8.37. The maximum Gasteiger partial charge on any atom is 0.331 e. The number of carbonyl (C=O) groups is 2. The number of esters is 1. The van der Waals surface area contributed by atoms with Crippen molar-refractivity contribution in [3.05, 3.63) is 53.1 Å². The SMILES string of the molecule is Cc1nn(-c2ccc(F)cc2)c(C)c1/C=C/C(=O)OC(C)C(=O)NC(C)(C)C. The molecule has 2 aromatic rings. The molecule has 0 fully saturated rings. The summed E-state index contributed by atoms with van der Waals surface area (Å²) in [4.78, 5) is 24.1. The quantitative estimate of drug-likeness (QED) is 0.630.